The molecule has 34 heavy (non-hydrogen) atoms. The smallest absolute Gasteiger partial charge is 0.252 e. The second-order valence-corrected chi connectivity index (χ2v) is 7.94. The van der Waals surface area contributed by atoms with Crippen LogP contribution in [0.5, 0.6) is 0 Å². The summed E-state index contributed by atoms with van der Waals surface area (Å²) in [6, 6.07) is 6.95. The Kier molecular flexibility index (Phi) is 5.05. The number of hydrogen-bond acceptors (Lipinski definition) is 4. The van der Waals surface area contributed by atoms with E-state index in [0.717, 1.165) is 0 Å². The van der Waals surface area contributed by atoms with E-state index < -0.39 is 17.5 Å². The molecule has 0 aliphatic carbocycles. The predicted molar refractivity (Wildman–Crippen MR) is 118 cm³/mol. The van der Waals surface area contributed by atoms with Gasteiger partial charge >= 0.3 is 0 Å². The van der Waals surface area contributed by atoms with Gasteiger partial charge in [-0.2, -0.15) is 10.2 Å². The lowest BCUT2D eigenvalue weighted by Gasteiger charge is -2.28. The SMILES string of the molecule is [C-]#[N+]c1ccc(CC(=O)N2CCn3nc(-c4cc(F)c5cn[nH]c5c4)c(C(N)=O)c3C2)cc1F. The van der Waals surface area contributed by atoms with Crippen LogP contribution in [0.4, 0.5) is 14.5 Å². The summed E-state index contributed by atoms with van der Waals surface area (Å²) in [7, 11) is 0. The average Bonchev–Trinajstić information content (AvgIpc) is 3.43. The van der Waals surface area contributed by atoms with Crippen molar-refractivity contribution in [3.05, 3.63) is 76.4 Å². The molecule has 0 spiro atoms. The molecule has 3 N–H and O–H groups in total. The van der Waals surface area contributed by atoms with E-state index in [9.17, 15) is 18.4 Å². The Morgan fingerprint density at radius 1 is 1.18 bits per heavy atom. The normalized spacial score (nSPS) is 13.0. The standard InChI is InChI=1S/C23H17F2N7O2/c1-27-17-3-2-12(6-16(17)25)7-20(33)31-4-5-32-19(11-31)21(23(26)34)22(30-32)13-8-15(24)14-10-28-29-18(14)9-13/h2-3,6,8-10H,4-5,7,11H2,(H2,26,34)(H,28,29). The quantitative estimate of drug-likeness (QED) is 0.455. The third-order valence-electron chi connectivity index (χ3n) is 5.85. The number of fused-ring (bicyclic) bond motifs is 2. The molecule has 1 aliphatic rings. The van der Waals surface area contributed by atoms with Crippen molar-refractivity contribution in [3.63, 3.8) is 0 Å². The van der Waals surface area contributed by atoms with E-state index >= 15 is 0 Å². The van der Waals surface area contributed by atoms with Crippen molar-refractivity contribution in [2.45, 2.75) is 19.5 Å². The first-order valence-corrected chi connectivity index (χ1v) is 10.3. The highest BCUT2D eigenvalue weighted by Crippen LogP contribution is 2.31. The number of rotatable bonds is 4. The monoisotopic (exact) mass is 461 g/mol. The summed E-state index contributed by atoms with van der Waals surface area (Å²) in [4.78, 5) is 29.9. The zero-order valence-corrected chi connectivity index (χ0v) is 17.7. The molecule has 11 heteroatoms. The van der Waals surface area contributed by atoms with Crippen LogP contribution in [0.3, 0.4) is 0 Å². The lowest BCUT2D eigenvalue weighted by atomic mass is 10.0. The number of carbonyl (C=O) groups excluding carboxylic acids is 2. The van der Waals surface area contributed by atoms with Gasteiger partial charge in [-0.15, -0.1) is 0 Å². The zero-order chi connectivity index (χ0) is 24.0. The van der Waals surface area contributed by atoms with E-state index in [1.54, 1.807) is 10.7 Å². The number of carbonyl (C=O) groups is 2. The highest BCUT2D eigenvalue weighted by molar-refractivity contribution is 6.01. The molecule has 3 heterocycles. The lowest BCUT2D eigenvalue weighted by molar-refractivity contribution is -0.132. The number of aromatic amines is 1. The summed E-state index contributed by atoms with van der Waals surface area (Å²) in [6.45, 7) is 7.63. The third kappa shape index (κ3) is 3.55. The van der Waals surface area contributed by atoms with E-state index in [1.165, 1.54) is 35.4 Å². The van der Waals surface area contributed by atoms with Crippen molar-refractivity contribution in [1.82, 2.24) is 24.9 Å². The molecule has 0 unspecified atom stereocenters. The summed E-state index contributed by atoms with van der Waals surface area (Å²) in [6.07, 6.45) is 1.30. The molecular formula is C23H17F2N7O2. The summed E-state index contributed by atoms with van der Waals surface area (Å²) in [5.41, 5.74) is 7.59. The fraction of sp³-hybridized carbons (Fsp3) is 0.174. The Bertz CT molecular complexity index is 1520. The Hall–Kier alpha value is -4.59. The van der Waals surface area contributed by atoms with Gasteiger partial charge in [0.25, 0.3) is 5.91 Å². The van der Waals surface area contributed by atoms with Gasteiger partial charge in [0.15, 0.2) is 0 Å². The number of primary amides is 1. The first kappa shape index (κ1) is 21.3. The predicted octanol–water partition coefficient (Wildman–Crippen LogP) is 2.94. The Labute approximate surface area is 191 Å². The maximum absolute atomic E-state index is 14.5. The number of aromatic nitrogens is 4. The van der Waals surface area contributed by atoms with Crippen LogP contribution in [0.2, 0.25) is 0 Å². The Morgan fingerprint density at radius 2 is 2.00 bits per heavy atom. The van der Waals surface area contributed by atoms with Crippen LogP contribution >= 0.6 is 0 Å². The van der Waals surface area contributed by atoms with Crippen LogP contribution in [0.1, 0.15) is 21.6 Å². The van der Waals surface area contributed by atoms with Crippen molar-refractivity contribution in [2.24, 2.45) is 5.73 Å². The molecule has 5 rings (SSSR count). The highest BCUT2D eigenvalue weighted by atomic mass is 19.1. The molecule has 0 bridgehead atoms. The molecule has 0 atom stereocenters. The molecule has 0 fully saturated rings. The topological polar surface area (TPSA) is 114 Å². The maximum Gasteiger partial charge on any atom is 0.252 e. The average molecular weight is 461 g/mol. The van der Waals surface area contributed by atoms with Gasteiger partial charge in [-0.25, -0.2) is 13.6 Å². The second kappa shape index (κ2) is 8.08. The van der Waals surface area contributed by atoms with Crippen LogP contribution in [0.15, 0.2) is 36.5 Å². The first-order chi connectivity index (χ1) is 16.4. The van der Waals surface area contributed by atoms with Crippen molar-refractivity contribution < 1.29 is 18.4 Å². The zero-order valence-electron chi connectivity index (χ0n) is 17.7. The molecule has 0 saturated carbocycles. The highest BCUT2D eigenvalue weighted by Gasteiger charge is 2.30. The lowest BCUT2D eigenvalue weighted by Crippen LogP contribution is -2.40. The van der Waals surface area contributed by atoms with E-state index in [4.69, 9.17) is 12.3 Å². The summed E-state index contributed by atoms with van der Waals surface area (Å²) >= 11 is 0. The van der Waals surface area contributed by atoms with Gasteiger partial charge in [-0.1, -0.05) is 12.1 Å². The summed E-state index contributed by atoms with van der Waals surface area (Å²) in [5, 5.41) is 11.3. The number of amides is 2. The van der Waals surface area contributed by atoms with Crippen LogP contribution in [0, 0.1) is 18.2 Å². The van der Waals surface area contributed by atoms with Crippen molar-refractivity contribution in [3.8, 4) is 11.3 Å². The minimum absolute atomic E-state index is 0.0657. The Balaban J connectivity index is 1.46. The summed E-state index contributed by atoms with van der Waals surface area (Å²) < 4.78 is 30.0. The molecule has 9 nitrogen and oxygen atoms in total. The number of nitrogens with one attached hydrogen (secondary N) is 1. The van der Waals surface area contributed by atoms with Gasteiger partial charge in [0.05, 0.1) is 54.4 Å². The van der Waals surface area contributed by atoms with Crippen LogP contribution < -0.4 is 5.73 Å². The van der Waals surface area contributed by atoms with Gasteiger partial charge in [0.2, 0.25) is 11.6 Å². The second-order valence-electron chi connectivity index (χ2n) is 7.94. The van der Waals surface area contributed by atoms with Gasteiger partial charge in [0.1, 0.15) is 17.3 Å². The van der Waals surface area contributed by atoms with E-state index in [1.807, 2.05) is 0 Å². The molecule has 170 valence electrons. The number of nitrogens with zero attached hydrogens (tertiary/aromatic N) is 5. The minimum atomic E-state index is -0.743. The van der Waals surface area contributed by atoms with Crippen molar-refractivity contribution in [1.29, 1.82) is 0 Å². The maximum atomic E-state index is 14.5. The van der Waals surface area contributed by atoms with Crippen molar-refractivity contribution >= 4 is 28.4 Å². The van der Waals surface area contributed by atoms with Gasteiger partial charge in [-0.05, 0) is 23.8 Å². The van der Waals surface area contributed by atoms with Crippen molar-refractivity contribution in [2.75, 3.05) is 6.54 Å². The first-order valence-electron chi connectivity index (χ1n) is 10.3. The largest absolute Gasteiger partial charge is 0.365 e. The Morgan fingerprint density at radius 3 is 2.74 bits per heavy atom. The molecular weight excluding hydrogens is 444 g/mol. The fourth-order valence-electron chi connectivity index (χ4n) is 4.17. The van der Waals surface area contributed by atoms with E-state index in [-0.39, 0.29) is 35.8 Å². The third-order valence-corrected chi connectivity index (χ3v) is 5.85. The van der Waals surface area contributed by atoms with Crippen LogP contribution in [-0.4, -0.2) is 43.2 Å². The van der Waals surface area contributed by atoms with Crippen LogP contribution in [0.25, 0.3) is 27.0 Å². The molecule has 0 saturated heterocycles. The number of benzene rings is 2. The number of H-pyrrole nitrogens is 1. The number of nitrogens with two attached hydrogens (primary N) is 1. The van der Waals surface area contributed by atoms with E-state index in [2.05, 4.69) is 20.1 Å². The van der Waals surface area contributed by atoms with E-state index in [0.29, 0.717) is 40.8 Å². The van der Waals surface area contributed by atoms with Gasteiger partial charge in [-0.3, -0.25) is 19.4 Å². The van der Waals surface area contributed by atoms with Crippen LogP contribution in [-0.2, 0) is 24.3 Å². The fourth-order valence-corrected chi connectivity index (χ4v) is 4.17. The summed E-state index contributed by atoms with van der Waals surface area (Å²) in [5.74, 6) is -2.22. The molecule has 2 aromatic heterocycles. The number of hydrogen-bond donors (Lipinski definition) is 2. The number of halogens is 2. The molecule has 2 amide bonds. The van der Waals surface area contributed by atoms with Gasteiger partial charge < -0.3 is 10.6 Å². The molecule has 2 aromatic carbocycles. The van der Waals surface area contributed by atoms with Gasteiger partial charge in [0, 0.05) is 12.1 Å². The molecule has 1 aliphatic heterocycles. The molecule has 0 radical (unpaired) electrons. The molecule has 4 aromatic rings. The minimum Gasteiger partial charge on any atom is -0.365 e.